The molecule has 2 aromatic heterocycles. The smallest absolute Gasteiger partial charge is 0.262 e. The van der Waals surface area contributed by atoms with Gasteiger partial charge in [-0.2, -0.15) is 5.10 Å². The number of anilines is 2. The molecular weight excluding hydrogens is 510 g/mol. The number of amides is 2. The van der Waals surface area contributed by atoms with Crippen molar-refractivity contribution in [2.75, 3.05) is 36.5 Å². The predicted octanol–water partition coefficient (Wildman–Crippen LogP) is 5.23. The molecule has 0 radical (unpaired) electrons. The summed E-state index contributed by atoms with van der Waals surface area (Å²) >= 11 is 1.29. The Kier molecular flexibility index (Phi) is 7.07. The fraction of sp³-hybridized carbons (Fsp3) is 0.167. The molecule has 8 nitrogen and oxygen atoms in total. The van der Waals surface area contributed by atoms with E-state index in [0.29, 0.717) is 35.0 Å². The molecule has 1 aliphatic heterocycles. The van der Waals surface area contributed by atoms with Crippen molar-refractivity contribution < 1.29 is 14.3 Å². The molecule has 3 aromatic carbocycles. The van der Waals surface area contributed by atoms with Gasteiger partial charge in [0, 0.05) is 24.3 Å². The van der Waals surface area contributed by atoms with Crippen molar-refractivity contribution in [3.8, 4) is 0 Å². The van der Waals surface area contributed by atoms with Gasteiger partial charge in [-0.05, 0) is 41.5 Å². The lowest BCUT2D eigenvalue weighted by Crippen LogP contribution is -2.36. The van der Waals surface area contributed by atoms with Gasteiger partial charge in [0.05, 0.1) is 34.3 Å². The summed E-state index contributed by atoms with van der Waals surface area (Å²) in [6, 6.07) is 28.7. The average molecular weight is 538 g/mol. The van der Waals surface area contributed by atoms with Crippen LogP contribution < -0.4 is 15.5 Å². The van der Waals surface area contributed by atoms with Crippen LogP contribution in [0.25, 0.3) is 10.2 Å². The third-order valence-corrected chi connectivity index (χ3v) is 7.88. The number of aromatic amines is 1. The number of thiophene rings is 1. The second-order valence-electron chi connectivity index (χ2n) is 9.25. The summed E-state index contributed by atoms with van der Waals surface area (Å²) in [5.41, 5.74) is 4.28. The molecule has 9 heteroatoms. The minimum absolute atomic E-state index is 0.196. The number of carbonyl (C=O) groups excluding carboxylic acids is 2. The van der Waals surface area contributed by atoms with E-state index in [2.05, 4.69) is 25.7 Å². The van der Waals surface area contributed by atoms with Gasteiger partial charge >= 0.3 is 0 Å². The quantitative estimate of drug-likeness (QED) is 0.264. The maximum Gasteiger partial charge on any atom is 0.262 e. The number of aromatic nitrogens is 2. The Morgan fingerprint density at radius 2 is 1.51 bits per heavy atom. The van der Waals surface area contributed by atoms with E-state index in [9.17, 15) is 9.59 Å². The number of carbonyl (C=O) groups is 2. The van der Waals surface area contributed by atoms with E-state index in [0.717, 1.165) is 34.6 Å². The molecule has 3 heterocycles. The van der Waals surface area contributed by atoms with Crippen LogP contribution in [-0.2, 0) is 4.74 Å². The first-order valence-electron chi connectivity index (χ1n) is 12.8. The number of rotatable bonds is 7. The third-order valence-electron chi connectivity index (χ3n) is 6.74. The average Bonchev–Trinajstić information content (AvgIpc) is 3.59. The topological polar surface area (TPSA) is 99.3 Å². The zero-order valence-electron chi connectivity index (χ0n) is 21.1. The molecule has 0 saturated carbocycles. The lowest BCUT2D eigenvalue weighted by Gasteiger charge is -2.28. The highest BCUT2D eigenvalue weighted by Gasteiger charge is 2.21. The number of nitrogens with one attached hydrogen (secondary N) is 3. The molecular formula is C30H27N5O3S. The minimum atomic E-state index is -0.293. The largest absolute Gasteiger partial charge is 0.378 e. The summed E-state index contributed by atoms with van der Waals surface area (Å²) in [6.45, 7) is 3.08. The zero-order valence-corrected chi connectivity index (χ0v) is 21.9. The second-order valence-corrected chi connectivity index (χ2v) is 10.3. The summed E-state index contributed by atoms with van der Waals surface area (Å²) in [6.07, 6.45) is 0. The van der Waals surface area contributed by atoms with Gasteiger partial charge in [0.25, 0.3) is 11.8 Å². The second kappa shape index (κ2) is 11.1. The summed E-state index contributed by atoms with van der Waals surface area (Å²) in [5.74, 6) is -0.0539. The van der Waals surface area contributed by atoms with E-state index < -0.39 is 0 Å². The maximum atomic E-state index is 13.4. The van der Waals surface area contributed by atoms with Crippen LogP contribution in [0.5, 0.6) is 0 Å². The normalized spacial score (nSPS) is 13.5. The first-order chi connectivity index (χ1) is 19.2. The third kappa shape index (κ3) is 5.41. The molecule has 3 N–H and O–H groups in total. The number of fused-ring (bicyclic) bond motifs is 1. The number of hydrogen-bond acceptors (Lipinski definition) is 6. The van der Waals surface area contributed by atoms with E-state index >= 15 is 0 Å². The van der Waals surface area contributed by atoms with Gasteiger partial charge in [-0.1, -0.05) is 60.7 Å². The molecule has 0 bridgehead atoms. The summed E-state index contributed by atoms with van der Waals surface area (Å²) < 4.78 is 6.13. The summed E-state index contributed by atoms with van der Waals surface area (Å²) in [4.78, 5) is 29.1. The first kappa shape index (κ1) is 24.8. The van der Waals surface area contributed by atoms with Gasteiger partial charge in [-0.25, -0.2) is 0 Å². The molecule has 0 unspecified atom stereocenters. The van der Waals surface area contributed by atoms with Gasteiger partial charge in [-0.3, -0.25) is 14.7 Å². The van der Waals surface area contributed by atoms with Crippen LogP contribution in [0.1, 0.15) is 37.2 Å². The fourth-order valence-electron chi connectivity index (χ4n) is 4.69. The Morgan fingerprint density at radius 1 is 0.872 bits per heavy atom. The van der Waals surface area contributed by atoms with Gasteiger partial charge < -0.3 is 20.3 Å². The molecule has 0 atom stereocenters. The first-order valence-corrected chi connectivity index (χ1v) is 13.6. The molecule has 1 saturated heterocycles. The number of benzene rings is 3. The van der Waals surface area contributed by atoms with E-state index in [4.69, 9.17) is 4.74 Å². The lowest BCUT2D eigenvalue weighted by atomic mass is 9.98. The lowest BCUT2D eigenvalue weighted by molar-refractivity contribution is 0.0946. The van der Waals surface area contributed by atoms with Crippen molar-refractivity contribution in [2.45, 2.75) is 6.04 Å². The highest BCUT2D eigenvalue weighted by molar-refractivity contribution is 7.21. The molecule has 1 fully saturated rings. The van der Waals surface area contributed by atoms with Crippen LogP contribution in [0.2, 0.25) is 0 Å². The van der Waals surface area contributed by atoms with E-state index in [1.54, 1.807) is 6.07 Å². The molecule has 196 valence electrons. The highest BCUT2D eigenvalue weighted by atomic mass is 32.1. The summed E-state index contributed by atoms with van der Waals surface area (Å²) in [5, 5.41) is 13.3. The van der Waals surface area contributed by atoms with Crippen LogP contribution in [0.4, 0.5) is 11.5 Å². The van der Waals surface area contributed by atoms with Crippen molar-refractivity contribution in [3.63, 3.8) is 0 Å². The van der Waals surface area contributed by atoms with Crippen LogP contribution in [0, 0.1) is 0 Å². The number of H-pyrrole nitrogens is 1. The maximum absolute atomic E-state index is 13.4. The fourth-order valence-corrected chi connectivity index (χ4v) is 5.65. The SMILES string of the molecule is O=C(Nc1n[nH]c2cc(C(=O)NC(c3ccccc3)c3ccccc3)sc12)c1ccc(N2CCOCC2)cc1. The Morgan fingerprint density at radius 3 is 2.15 bits per heavy atom. The molecule has 0 spiro atoms. The van der Waals surface area contributed by atoms with Crippen LogP contribution in [0.15, 0.2) is 91.0 Å². The van der Waals surface area contributed by atoms with Crippen molar-refractivity contribution >= 4 is 44.9 Å². The van der Waals surface area contributed by atoms with E-state index in [1.165, 1.54) is 11.3 Å². The van der Waals surface area contributed by atoms with Crippen molar-refractivity contribution in [3.05, 3.63) is 113 Å². The molecule has 2 amide bonds. The Bertz CT molecular complexity index is 1540. The molecule has 39 heavy (non-hydrogen) atoms. The Balaban J connectivity index is 1.18. The highest BCUT2D eigenvalue weighted by Crippen LogP contribution is 2.31. The van der Waals surface area contributed by atoms with E-state index in [1.807, 2.05) is 84.9 Å². The van der Waals surface area contributed by atoms with Crippen molar-refractivity contribution in [1.29, 1.82) is 0 Å². The monoisotopic (exact) mass is 537 g/mol. The number of ether oxygens (including phenoxy) is 1. The molecule has 6 rings (SSSR count). The van der Waals surface area contributed by atoms with Crippen molar-refractivity contribution in [1.82, 2.24) is 15.5 Å². The standard InChI is InChI=1S/C30H27N5O3S/c36-29(22-11-13-23(14-12-22)35-15-17-38-18-16-35)32-28-27-24(33-34-28)19-25(39-27)30(37)31-26(20-7-3-1-4-8-20)21-9-5-2-6-10-21/h1-14,19,26H,15-18H2,(H,31,37)(H2,32,33,34,36). The molecule has 0 aliphatic carbocycles. The van der Waals surface area contributed by atoms with Crippen LogP contribution in [0.3, 0.4) is 0 Å². The Labute approximate surface area is 229 Å². The Hall–Kier alpha value is -4.47. The summed E-state index contributed by atoms with van der Waals surface area (Å²) in [7, 11) is 0. The van der Waals surface area contributed by atoms with Gasteiger partial charge in [-0.15, -0.1) is 11.3 Å². The number of hydrogen-bond donors (Lipinski definition) is 3. The van der Waals surface area contributed by atoms with Gasteiger partial charge in [0.15, 0.2) is 5.82 Å². The van der Waals surface area contributed by atoms with Crippen LogP contribution in [-0.4, -0.2) is 48.3 Å². The van der Waals surface area contributed by atoms with Crippen LogP contribution >= 0.6 is 11.3 Å². The van der Waals surface area contributed by atoms with Gasteiger partial charge in [0.2, 0.25) is 0 Å². The van der Waals surface area contributed by atoms with Gasteiger partial charge in [0.1, 0.15) is 0 Å². The molecule has 5 aromatic rings. The predicted molar refractivity (Wildman–Crippen MR) is 154 cm³/mol. The zero-order chi connectivity index (χ0) is 26.6. The minimum Gasteiger partial charge on any atom is -0.378 e. The molecule has 1 aliphatic rings. The number of morpholine rings is 1. The number of nitrogens with zero attached hydrogens (tertiary/aromatic N) is 2. The van der Waals surface area contributed by atoms with E-state index in [-0.39, 0.29) is 17.9 Å². The van der Waals surface area contributed by atoms with Crippen molar-refractivity contribution in [2.24, 2.45) is 0 Å².